The van der Waals surface area contributed by atoms with E-state index in [4.69, 9.17) is 23.2 Å². The predicted molar refractivity (Wildman–Crippen MR) is 88.0 cm³/mol. The fourth-order valence-electron chi connectivity index (χ4n) is 3.12. The van der Waals surface area contributed by atoms with Crippen LogP contribution in [0, 0.1) is 0 Å². The van der Waals surface area contributed by atoms with Gasteiger partial charge >= 0.3 is 0 Å². The zero-order valence-corrected chi connectivity index (χ0v) is 14.2. The van der Waals surface area contributed by atoms with Crippen molar-refractivity contribution >= 4 is 23.2 Å². The minimum absolute atomic E-state index is 0.216. The summed E-state index contributed by atoms with van der Waals surface area (Å²) in [7, 11) is 0. The van der Waals surface area contributed by atoms with Gasteiger partial charge in [-0.3, -0.25) is 0 Å². The molecule has 0 aliphatic heterocycles. The summed E-state index contributed by atoms with van der Waals surface area (Å²) in [4.78, 5) is 12.5. The van der Waals surface area contributed by atoms with E-state index in [0.29, 0.717) is 5.92 Å². The molecule has 0 atom stereocenters. The van der Waals surface area contributed by atoms with Crippen LogP contribution in [-0.2, 0) is 0 Å². The van der Waals surface area contributed by atoms with Gasteiger partial charge in [0.25, 0.3) is 0 Å². The highest BCUT2D eigenvalue weighted by atomic mass is 35.5. The Morgan fingerprint density at radius 2 is 0.952 bits per heavy atom. The van der Waals surface area contributed by atoms with Crippen molar-refractivity contribution in [3.05, 3.63) is 16.4 Å². The van der Waals surface area contributed by atoms with Crippen LogP contribution >= 0.6 is 23.2 Å². The fraction of sp³-hybridized carbons (Fsp3) is 0.812. The van der Waals surface area contributed by atoms with Crippen LogP contribution in [0.1, 0.15) is 88.8 Å². The topological polar surface area (TPSA) is 38.7 Å². The number of halogens is 2. The maximum atomic E-state index is 5.92. The highest BCUT2D eigenvalue weighted by molar-refractivity contribution is 6.31. The Morgan fingerprint density at radius 3 is 1.38 bits per heavy atom. The van der Waals surface area contributed by atoms with Gasteiger partial charge < -0.3 is 0 Å². The second-order valence-electron chi connectivity index (χ2n) is 6.04. The van der Waals surface area contributed by atoms with E-state index in [2.05, 4.69) is 15.0 Å². The van der Waals surface area contributed by atoms with Gasteiger partial charge in [0.05, 0.1) is 0 Å². The highest BCUT2D eigenvalue weighted by Gasteiger charge is 2.16. The summed E-state index contributed by atoms with van der Waals surface area (Å²) in [6.45, 7) is 0. The first-order chi connectivity index (χ1) is 10.3. The zero-order valence-electron chi connectivity index (χ0n) is 12.7. The zero-order chi connectivity index (χ0) is 14.9. The van der Waals surface area contributed by atoms with Crippen LogP contribution in [0.4, 0.5) is 0 Å². The smallest absolute Gasteiger partial charge is 0.202 e. The van der Waals surface area contributed by atoms with Crippen LogP contribution in [0.2, 0.25) is 10.6 Å². The van der Waals surface area contributed by atoms with Crippen molar-refractivity contribution in [2.75, 3.05) is 0 Å². The first-order valence-electron chi connectivity index (χ1n) is 8.32. The molecule has 2 rings (SSSR count). The maximum Gasteiger partial charge on any atom is 0.226 e. The molecule has 0 spiro atoms. The molecule has 1 aromatic rings. The first kappa shape index (κ1) is 17.0. The summed E-state index contributed by atoms with van der Waals surface area (Å²) in [6, 6.07) is 0. The summed E-state index contributed by atoms with van der Waals surface area (Å²) < 4.78 is 0. The van der Waals surface area contributed by atoms with Gasteiger partial charge in [-0.2, -0.15) is 4.98 Å². The average molecular weight is 330 g/mol. The second kappa shape index (κ2) is 9.58. The van der Waals surface area contributed by atoms with Gasteiger partial charge in [-0.05, 0) is 36.0 Å². The van der Waals surface area contributed by atoms with Crippen LogP contribution < -0.4 is 0 Å². The van der Waals surface area contributed by atoms with Crippen LogP contribution in [0.25, 0.3) is 0 Å². The number of hydrogen-bond acceptors (Lipinski definition) is 3. The van der Waals surface area contributed by atoms with Gasteiger partial charge in [0, 0.05) is 5.92 Å². The Morgan fingerprint density at radius 1 is 0.571 bits per heavy atom. The molecule has 1 aliphatic carbocycles. The fourth-order valence-corrected chi connectivity index (χ4v) is 3.50. The summed E-state index contributed by atoms with van der Waals surface area (Å²) in [5, 5.41) is 0.431. The van der Waals surface area contributed by atoms with Crippen LogP contribution in [0.15, 0.2) is 0 Å². The molecule has 1 heterocycles. The minimum Gasteiger partial charge on any atom is -0.202 e. The molecule has 1 aromatic heterocycles. The van der Waals surface area contributed by atoms with Crippen molar-refractivity contribution in [3.8, 4) is 0 Å². The van der Waals surface area contributed by atoms with Gasteiger partial charge in [0.1, 0.15) is 5.82 Å². The quantitative estimate of drug-likeness (QED) is 0.638. The van der Waals surface area contributed by atoms with Gasteiger partial charge in [-0.1, -0.05) is 64.2 Å². The largest absolute Gasteiger partial charge is 0.226 e. The third kappa shape index (κ3) is 6.48. The molecule has 0 amide bonds. The third-order valence-corrected chi connectivity index (χ3v) is 4.66. The lowest BCUT2D eigenvalue weighted by Gasteiger charge is -2.15. The van der Waals surface area contributed by atoms with E-state index < -0.39 is 0 Å². The molecule has 0 radical (unpaired) electrons. The Hall–Kier alpha value is -0.410. The molecule has 5 heteroatoms. The van der Waals surface area contributed by atoms with Crippen LogP contribution in [-0.4, -0.2) is 15.0 Å². The van der Waals surface area contributed by atoms with E-state index in [-0.39, 0.29) is 10.6 Å². The molecule has 1 saturated carbocycles. The van der Waals surface area contributed by atoms with Crippen molar-refractivity contribution in [2.45, 2.75) is 83.0 Å². The number of rotatable bonds is 1. The van der Waals surface area contributed by atoms with Crippen molar-refractivity contribution in [3.63, 3.8) is 0 Å². The molecule has 1 aliphatic rings. The van der Waals surface area contributed by atoms with E-state index in [1.807, 2.05) is 0 Å². The third-order valence-electron chi connectivity index (χ3n) is 4.32. The summed E-state index contributed by atoms with van der Waals surface area (Å²) in [5.41, 5.74) is 0. The summed E-state index contributed by atoms with van der Waals surface area (Å²) >= 11 is 11.8. The standard InChI is InChI=1S/C16H25Cl2N3/c17-15-19-14(20-16(18)21-15)13-11-9-7-5-3-1-2-4-6-8-10-12-13/h13H,1-12H2. The molecule has 0 bridgehead atoms. The molecule has 0 unspecified atom stereocenters. The maximum absolute atomic E-state index is 5.92. The summed E-state index contributed by atoms with van der Waals surface area (Å²) in [5.74, 6) is 1.17. The van der Waals surface area contributed by atoms with E-state index in [1.54, 1.807) is 0 Å². The Bertz CT molecular complexity index is 392. The van der Waals surface area contributed by atoms with E-state index >= 15 is 0 Å². The molecule has 118 valence electrons. The van der Waals surface area contributed by atoms with E-state index in [9.17, 15) is 0 Å². The highest BCUT2D eigenvalue weighted by Crippen LogP contribution is 2.28. The Balaban J connectivity index is 1.98. The molecule has 3 nitrogen and oxygen atoms in total. The minimum atomic E-state index is 0.216. The molecule has 0 aromatic carbocycles. The predicted octanol–water partition coefficient (Wildman–Crippen LogP) is 5.96. The summed E-state index contributed by atoms with van der Waals surface area (Å²) in [6.07, 6.45) is 15.7. The Labute approximate surface area is 137 Å². The SMILES string of the molecule is Clc1nc(Cl)nc(C2CCCCCCCCCCCC2)n1. The first-order valence-corrected chi connectivity index (χ1v) is 9.08. The second-order valence-corrected chi connectivity index (χ2v) is 6.72. The van der Waals surface area contributed by atoms with E-state index in [0.717, 1.165) is 18.7 Å². The lowest BCUT2D eigenvalue weighted by molar-refractivity contribution is 0.481. The molecule has 21 heavy (non-hydrogen) atoms. The lowest BCUT2D eigenvalue weighted by atomic mass is 9.94. The van der Waals surface area contributed by atoms with Gasteiger partial charge in [-0.15, -0.1) is 0 Å². The lowest BCUT2D eigenvalue weighted by Crippen LogP contribution is -2.07. The van der Waals surface area contributed by atoms with E-state index in [1.165, 1.54) is 64.2 Å². The van der Waals surface area contributed by atoms with Crippen molar-refractivity contribution in [2.24, 2.45) is 0 Å². The molecular weight excluding hydrogens is 305 g/mol. The molecular formula is C16H25Cl2N3. The van der Waals surface area contributed by atoms with Crippen LogP contribution in [0.5, 0.6) is 0 Å². The Kier molecular flexibility index (Phi) is 7.73. The van der Waals surface area contributed by atoms with Gasteiger partial charge in [-0.25, -0.2) is 9.97 Å². The normalized spacial score (nSPS) is 20.3. The van der Waals surface area contributed by atoms with Crippen molar-refractivity contribution in [1.29, 1.82) is 0 Å². The number of nitrogens with zero attached hydrogens (tertiary/aromatic N) is 3. The van der Waals surface area contributed by atoms with Crippen LogP contribution in [0.3, 0.4) is 0 Å². The number of hydrogen-bond donors (Lipinski definition) is 0. The molecule has 0 N–H and O–H groups in total. The average Bonchev–Trinajstić information content (AvgIpc) is 2.47. The molecule has 1 fully saturated rings. The van der Waals surface area contributed by atoms with Crippen molar-refractivity contribution in [1.82, 2.24) is 15.0 Å². The molecule has 0 saturated heterocycles. The monoisotopic (exact) mass is 329 g/mol. The van der Waals surface area contributed by atoms with Crippen molar-refractivity contribution < 1.29 is 0 Å². The number of aromatic nitrogens is 3. The van der Waals surface area contributed by atoms with Gasteiger partial charge in [0.2, 0.25) is 10.6 Å². The van der Waals surface area contributed by atoms with Gasteiger partial charge in [0.15, 0.2) is 0 Å².